The zero-order chi connectivity index (χ0) is 22.6. The van der Waals surface area contributed by atoms with Crippen molar-refractivity contribution in [3.63, 3.8) is 0 Å². The second-order valence-electron chi connectivity index (χ2n) is 7.49. The molecule has 2 aliphatic heterocycles. The molecule has 0 aromatic carbocycles. The number of ether oxygens (including phenoxy) is 4. The lowest BCUT2D eigenvalue weighted by Gasteiger charge is -2.42. The maximum atomic E-state index is 13.1. The van der Waals surface area contributed by atoms with E-state index in [1.54, 1.807) is 26.2 Å². The third kappa shape index (κ3) is 5.13. The van der Waals surface area contributed by atoms with Crippen LogP contribution in [-0.2, 0) is 14.2 Å². The van der Waals surface area contributed by atoms with E-state index >= 15 is 0 Å². The molecular weight excluding hydrogens is 385 g/mol. The van der Waals surface area contributed by atoms with Crippen molar-refractivity contribution >= 4 is 11.6 Å². The normalized spacial score (nSPS) is 20.8. The maximum Gasteiger partial charge on any atom is 0.270 e. The molecule has 2 N–H and O–H groups in total. The first-order valence-electron chi connectivity index (χ1n) is 10.4. The van der Waals surface area contributed by atoms with E-state index in [4.69, 9.17) is 22.1 Å². The van der Waals surface area contributed by atoms with Crippen LogP contribution in [0.4, 0.5) is 10.1 Å². The minimum atomic E-state index is -3.25. The van der Waals surface area contributed by atoms with Crippen LogP contribution in [0.1, 0.15) is 20.2 Å². The Morgan fingerprint density at radius 3 is 2.86 bits per heavy atom. The third-order valence-electron chi connectivity index (χ3n) is 5.01. The van der Waals surface area contributed by atoms with Crippen molar-refractivity contribution in [3.8, 4) is 5.88 Å². The second-order valence-corrected chi connectivity index (χ2v) is 7.49. The summed E-state index contributed by atoms with van der Waals surface area (Å²) in [5.74, 6) is -0.236. The molecule has 0 saturated carbocycles. The molecule has 3 rings (SSSR count). The Hall–Kier alpha value is -2.01. The summed E-state index contributed by atoms with van der Waals surface area (Å²) in [7, 11) is 1.64. The summed E-state index contributed by atoms with van der Waals surface area (Å²) in [4.78, 5) is 18.8. The maximum absolute atomic E-state index is 13.1. The highest BCUT2D eigenvalue weighted by Gasteiger charge is 2.41. The van der Waals surface area contributed by atoms with E-state index in [-0.39, 0.29) is 50.7 Å². The summed E-state index contributed by atoms with van der Waals surface area (Å²) in [5.41, 5.74) is 0.0850. The van der Waals surface area contributed by atoms with Gasteiger partial charge in [-0.1, -0.05) is 0 Å². The molecule has 10 heteroatoms. The number of amides is 1. The van der Waals surface area contributed by atoms with Gasteiger partial charge in [-0.05, 0) is 19.1 Å². The topological polar surface area (TPSA) is 102 Å². The van der Waals surface area contributed by atoms with Gasteiger partial charge in [-0.2, -0.15) is 0 Å². The minimum absolute atomic E-state index is 0.0444. The number of hydrogen-bond acceptors (Lipinski definition) is 8. The van der Waals surface area contributed by atoms with Crippen LogP contribution in [0.25, 0.3) is 0 Å². The average molecular weight is 415 g/mol. The predicted molar refractivity (Wildman–Crippen MR) is 102 cm³/mol. The molecule has 1 atom stereocenters. The summed E-state index contributed by atoms with van der Waals surface area (Å²) in [6.07, 6.45) is 0.0905. The van der Waals surface area contributed by atoms with Gasteiger partial charge in [0.25, 0.3) is 5.91 Å². The molecule has 9 nitrogen and oxygen atoms in total. The molecule has 0 spiro atoms. The Kier molecular flexibility index (Phi) is 6.32. The Bertz CT molecular complexity index is 772. The summed E-state index contributed by atoms with van der Waals surface area (Å²) in [6, 6.07) is 2.87. The number of rotatable bonds is 11. The van der Waals surface area contributed by atoms with Gasteiger partial charge >= 0.3 is 0 Å². The SMILES string of the molecule is [2H]C([2H])(F)OCC1(COc2nc(C(=O)NC(C)CO)ccc2N2CC(OC)C2)COC1. The quantitative estimate of drug-likeness (QED) is 0.534. The number of aliphatic hydroxyl groups is 1. The van der Waals surface area contributed by atoms with E-state index < -0.39 is 24.2 Å². The lowest BCUT2D eigenvalue weighted by molar-refractivity contribution is -0.171. The zero-order valence-electron chi connectivity index (χ0n) is 18.5. The molecule has 2 saturated heterocycles. The molecular formula is C19H28FN3O6. The molecule has 2 fully saturated rings. The fourth-order valence-electron chi connectivity index (χ4n) is 3.03. The van der Waals surface area contributed by atoms with Crippen molar-refractivity contribution in [1.82, 2.24) is 10.3 Å². The van der Waals surface area contributed by atoms with Crippen LogP contribution in [0.15, 0.2) is 12.1 Å². The van der Waals surface area contributed by atoms with Crippen molar-refractivity contribution in [2.24, 2.45) is 5.41 Å². The molecule has 0 radical (unpaired) electrons. The molecule has 3 heterocycles. The van der Waals surface area contributed by atoms with Gasteiger partial charge in [0.15, 0.2) is 6.81 Å². The van der Waals surface area contributed by atoms with Crippen molar-refractivity contribution in [1.29, 1.82) is 0 Å². The zero-order valence-corrected chi connectivity index (χ0v) is 16.5. The number of carbonyl (C=O) groups excluding carboxylic acids is 1. The first-order chi connectivity index (χ1) is 14.6. The molecule has 0 aliphatic carbocycles. The number of pyridine rings is 1. The van der Waals surface area contributed by atoms with Crippen LogP contribution in [0.2, 0.25) is 0 Å². The van der Waals surface area contributed by atoms with Crippen molar-refractivity contribution in [2.75, 3.05) is 64.9 Å². The largest absolute Gasteiger partial charge is 0.475 e. The lowest BCUT2D eigenvalue weighted by atomic mass is 9.88. The predicted octanol–water partition coefficient (Wildman–Crippen LogP) is 0.366. The van der Waals surface area contributed by atoms with Crippen molar-refractivity contribution in [3.05, 3.63) is 17.8 Å². The number of hydrogen-bond donors (Lipinski definition) is 2. The monoisotopic (exact) mass is 415 g/mol. The molecule has 1 aromatic rings. The van der Waals surface area contributed by atoms with Crippen LogP contribution in [0, 0.1) is 5.41 Å². The molecule has 162 valence electrons. The van der Waals surface area contributed by atoms with E-state index in [1.165, 1.54) is 0 Å². The number of halogens is 1. The van der Waals surface area contributed by atoms with E-state index in [0.717, 1.165) is 0 Å². The number of carbonyl (C=O) groups is 1. The number of nitrogens with one attached hydrogen (secondary N) is 1. The number of aromatic nitrogens is 1. The van der Waals surface area contributed by atoms with Gasteiger partial charge in [0.2, 0.25) is 5.88 Å². The lowest BCUT2D eigenvalue weighted by Crippen LogP contribution is -2.52. The van der Waals surface area contributed by atoms with Crippen LogP contribution in [-0.4, -0.2) is 88.2 Å². The number of alkyl halides is 1. The molecule has 29 heavy (non-hydrogen) atoms. The first kappa shape index (κ1) is 19.0. The number of methoxy groups -OCH3 is 1. The fourth-order valence-corrected chi connectivity index (χ4v) is 3.03. The number of nitrogens with zero attached hydrogens (tertiary/aromatic N) is 2. The van der Waals surface area contributed by atoms with Gasteiger partial charge in [0.05, 0.1) is 40.7 Å². The van der Waals surface area contributed by atoms with E-state index in [2.05, 4.69) is 15.0 Å². The van der Waals surface area contributed by atoms with Crippen LogP contribution in [0.5, 0.6) is 5.88 Å². The van der Waals surface area contributed by atoms with Gasteiger partial charge in [0.1, 0.15) is 18.0 Å². The Morgan fingerprint density at radius 2 is 2.28 bits per heavy atom. The smallest absolute Gasteiger partial charge is 0.270 e. The van der Waals surface area contributed by atoms with Crippen molar-refractivity contribution < 1.29 is 36.0 Å². The standard InChI is InChI=1S/C19H28FN3O6/c1-13(7-24)21-17(25)15-3-4-16(23-5-14(6-23)26-2)18(22-15)29-11-19(8-27-9-19)10-28-12-20/h3-4,13-14,24H,5-12H2,1-2H3,(H,21,25)/i12D2. The summed E-state index contributed by atoms with van der Waals surface area (Å²) in [6.45, 7) is -0.243. The van der Waals surface area contributed by atoms with Gasteiger partial charge in [-0.25, -0.2) is 9.37 Å². The highest BCUT2D eigenvalue weighted by atomic mass is 19.1. The van der Waals surface area contributed by atoms with E-state index in [0.29, 0.717) is 18.8 Å². The average Bonchev–Trinajstić information content (AvgIpc) is 2.65. The Balaban J connectivity index is 1.75. The molecule has 0 bridgehead atoms. The van der Waals surface area contributed by atoms with E-state index in [1.807, 2.05) is 4.90 Å². The highest BCUT2D eigenvalue weighted by molar-refractivity contribution is 5.93. The molecule has 1 amide bonds. The van der Waals surface area contributed by atoms with Gasteiger partial charge in [-0.15, -0.1) is 0 Å². The number of aliphatic hydroxyl groups excluding tert-OH is 1. The summed E-state index contributed by atoms with van der Waals surface area (Å²) < 4.78 is 48.1. The summed E-state index contributed by atoms with van der Waals surface area (Å²) in [5, 5.41) is 11.8. The third-order valence-corrected chi connectivity index (χ3v) is 5.01. The number of anilines is 1. The molecule has 1 unspecified atom stereocenters. The molecule has 1 aromatic heterocycles. The van der Waals surface area contributed by atoms with Crippen LogP contribution in [0.3, 0.4) is 0 Å². The van der Waals surface area contributed by atoms with Crippen molar-refractivity contribution in [2.45, 2.75) is 19.1 Å². The first-order valence-corrected chi connectivity index (χ1v) is 9.39. The highest BCUT2D eigenvalue weighted by Crippen LogP contribution is 2.34. The van der Waals surface area contributed by atoms with E-state index in [9.17, 15) is 9.18 Å². The van der Waals surface area contributed by atoms with Crippen LogP contribution < -0.4 is 15.0 Å². The Morgan fingerprint density at radius 1 is 1.52 bits per heavy atom. The van der Waals surface area contributed by atoms with Gasteiger partial charge in [-0.3, -0.25) is 4.79 Å². The van der Waals surface area contributed by atoms with Gasteiger partial charge in [0, 0.05) is 26.2 Å². The Labute approximate surface area is 171 Å². The van der Waals surface area contributed by atoms with Crippen LogP contribution >= 0.6 is 0 Å². The van der Waals surface area contributed by atoms with Gasteiger partial charge < -0.3 is 34.3 Å². The minimum Gasteiger partial charge on any atom is -0.475 e. The second kappa shape index (κ2) is 9.66. The fraction of sp³-hybridized carbons (Fsp3) is 0.684. The summed E-state index contributed by atoms with van der Waals surface area (Å²) >= 11 is 0. The molecule has 2 aliphatic rings.